The van der Waals surface area contributed by atoms with E-state index >= 15 is 0 Å². The van der Waals surface area contributed by atoms with Crippen LogP contribution in [0.15, 0.2) is 73.2 Å². The van der Waals surface area contributed by atoms with Crippen molar-refractivity contribution in [3.8, 4) is 11.9 Å². The average molecular weight is 331 g/mol. The molecular weight excluding hydrogens is 314 g/mol. The number of rotatable bonds is 4. The Morgan fingerprint density at radius 2 is 1.88 bits per heavy atom. The van der Waals surface area contributed by atoms with Crippen molar-refractivity contribution >= 4 is 5.84 Å². The number of nitrogens with two attached hydrogens (primary N) is 1. The van der Waals surface area contributed by atoms with Crippen LogP contribution in [0.3, 0.4) is 0 Å². The summed E-state index contributed by atoms with van der Waals surface area (Å²) in [5, 5.41) is 15.6. The molecule has 1 aromatic carbocycles. The first-order valence-electron chi connectivity index (χ1n) is 7.46. The highest BCUT2D eigenvalue weighted by atomic mass is 16.5. The van der Waals surface area contributed by atoms with Crippen molar-refractivity contribution in [2.45, 2.75) is 6.61 Å². The number of nitrogens with one attached hydrogen (secondary N) is 1. The van der Waals surface area contributed by atoms with Gasteiger partial charge in [0.15, 0.2) is 0 Å². The van der Waals surface area contributed by atoms with E-state index in [2.05, 4.69) is 9.97 Å². The van der Waals surface area contributed by atoms with Crippen LogP contribution in [0, 0.1) is 16.7 Å². The summed E-state index contributed by atoms with van der Waals surface area (Å²) in [6, 6.07) is 18.8. The predicted octanol–water partition coefficient (Wildman–Crippen LogP) is 2.90. The van der Waals surface area contributed by atoms with Gasteiger partial charge in [0, 0.05) is 30.2 Å². The Morgan fingerprint density at radius 3 is 2.40 bits per heavy atom. The van der Waals surface area contributed by atoms with E-state index < -0.39 is 0 Å². The molecule has 2 heterocycles. The van der Waals surface area contributed by atoms with Gasteiger partial charge in [0.25, 0.3) is 0 Å². The Bertz CT molecular complexity index is 827. The first-order chi connectivity index (χ1) is 12.2. The molecule has 0 saturated carbocycles. The Kier molecular flexibility index (Phi) is 6.65. The molecule has 3 aromatic rings. The molecule has 6 nitrogen and oxygen atoms in total. The van der Waals surface area contributed by atoms with Gasteiger partial charge in [-0.3, -0.25) is 10.4 Å². The van der Waals surface area contributed by atoms with Gasteiger partial charge in [-0.15, -0.1) is 0 Å². The quantitative estimate of drug-likeness (QED) is 0.564. The van der Waals surface area contributed by atoms with Crippen LogP contribution in [0.25, 0.3) is 0 Å². The molecule has 2 aromatic heterocycles. The molecular formula is C19H17N5O. The molecule has 3 rings (SSSR count). The summed E-state index contributed by atoms with van der Waals surface area (Å²) >= 11 is 0. The number of hydrogen-bond donors (Lipinski definition) is 2. The van der Waals surface area contributed by atoms with Gasteiger partial charge in [-0.25, -0.2) is 4.98 Å². The van der Waals surface area contributed by atoms with E-state index in [1.165, 1.54) is 6.20 Å². The third kappa shape index (κ3) is 6.12. The van der Waals surface area contributed by atoms with Crippen LogP contribution in [-0.4, -0.2) is 15.8 Å². The van der Waals surface area contributed by atoms with Gasteiger partial charge in [0.2, 0.25) is 5.88 Å². The molecule has 0 unspecified atom stereocenters. The molecule has 25 heavy (non-hydrogen) atoms. The smallest absolute Gasteiger partial charge is 0.213 e. The van der Waals surface area contributed by atoms with Gasteiger partial charge in [0.05, 0.1) is 5.56 Å². The lowest BCUT2D eigenvalue weighted by Crippen LogP contribution is -2.10. The highest BCUT2D eigenvalue weighted by Gasteiger charge is 1.97. The average Bonchev–Trinajstić information content (AvgIpc) is 2.69. The third-order valence-electron chi connectivity index (χ3n) is 3.07. The van der Waals surface area contributed by atoms with Crippen LogP contribution < -0.4 is 10.5 Å². The monoisotopic (exact) mass is 331 g/mol. The molecule has 0 atom stereocenters. The molecule has 3 N–H and O–H groups in total. The fourth-order valence-corrected chi connectivity index (χ4v) is 1.79. The van der Waals surface area contributed by atoms with Crippen LogP contribution in [0.4, 0.5) is 0 Å². The van der Waals surface area contributed by atoms with Gasteiger partial charge in [-0.05, 0) is 23.8 Å². The highest BCUT2D eigenvalue weighted by Crippen LogP contribution is 2.09. The maximum absolute atomic E-state index is 8.61. The standard InChI is InChI=1S/C13H10N2O.C6H7N3/c14-8-12-6-7-13(15-9-12)16-10-11-4-2-1-3-5-11;7-6(8)5-2-1-3-9-4-5/h1-7,9H,10H2;1-4H,(H3,7,8). The van der Waals surface area contributed by atoms with E-state index in [1.807, 2.05) is 36.4 Å². The van der Waals surface area contributed by atoms with Gasteiger partial charge >= 0.3 is 0 Å². The number of hydrogen-bond acceptors (Lipinski definition) is 5. The molecule has 0 amide bonds. The Balaban J connectivity index is 0.000000212. The number of nitriles is 1. The number of nitrogens with zero attached hydrogens (tertiary/aromatic N) is 3. The zero-order chi connectivity index (χ0) is 17.9. The van der Waals surface area contributed by atoms with E-state index in [0.29, 0.717) is 23.6 Å². The second-order valence-electron chi connectivity index (χ2n) is 4.93. The molecule has 0 aliphatic heterocycles. The SMILES string of the molecule is N#Cc1ccc(OCc2ccccc2)nc1.N=C(N)c1cccnc1. The molecule has 0 spiro atoms. The van der Waals surface area contributed by atoms with Crippen LogP contribution in [0.2, 0.25) is 0 Å². The van der Waals surface area contributed by atoms with Gasteiger partial charge in [-0.1, -0.05) is 30.3 Å². The Morgan fingerprint density at radius 1 is 1.08 bits per heavy atom. The maximum atomic E-state index is 8.61. The number of aromatic nitrogens is 2. The summed E-state index contributed by atoms with van der Waals surface area (Å²) < 4.78 is 5.47. The lowest BCUT2D eigenvalue weighted by atomic mass is 10.2. The minimum absolute atomic E-state index is 0.0584. The molecule has 0 bridgehead atoms. The van der Waals surface area contributed by atoms with Crippen molar-refractivity contribution in [3.05, 3.63) is 89.9 Å². The van der Waals surface area contributed by atoms with Crippen LogP contribution in [0.1, 0.15) is 16.7 Å². The number of pyridine rings is 2. The topological polar surface area (TPSA) is 109 Å². The molecule has 0 fully saturated rings. The molecule has 124 valence electrons. The molecule has 0 saturated heterocycles. The first-order valence-corrected chi connectivity index (χ1v) is 7.46. The summed E-state index contributed by atoms with van der Waals surface area (Å²) in [6.07, 6.45) is 4.70. The van der Waals surface area contributed by atoms with Crippen molar-refractivity contribution in [2.24, 2.45) is 5.73 Å². The fourth-order valence-electron chi connectivity index (χ4n) is 1.79. The first kappa shape index (κ1) is 17.6. The number of ether oxygens (including phenoxy) is 1. The Labute approximate surface area is 146 Å². The van der Waals surface area contributed by atoms with Gasteiger partial charge < -0.3 is 10.5 Å². The predicted molar refractivity (Wildman–Crippen MR) is 95.0 cm³/mol. The zero-order valence-corrected chi connectivity index (χ0v) is 13.5. The fraction of sp³-hybridized carbons (Fsp3) is 0.0526. The van der Waals surface area contributed by atoms with Crippen molar-refractivity contribution in [3.63, 3.8) is 0 Å². The zero-order valence-electron chi connectivity index (χ0n) is 13.5. The van der Waals surface area contributed by atoms with Gasteiger partial charge in [-0.2, -0.15) is 5.26 Å². The normalized spacial score (nSPS) is 9.24. The van der Waals surface area contributed by atoms with Crippen LogP contribution in [-0.2, 0) is 6.61 Å². The summed E-state index contributed by atoms with van der Waals surface area (Å²) in [7, 11) is 0. The van der Waals surface area contributed by atoms with E-state index in [1.54, 1.807) is 36.7 Å². The molecule has 0 radical (unpaired) electrons. The van der Waals surface area contributed by atoms with Crippen LogP contribution >= 0.6 is 0 Å². The minimum atomic E-state index is 0.0584. The lowest BCUT2D eigenvalue weighted by molar-refractivity contribution is 0.294. The van der Waals surface area contributed by atoms with E-state index in [0.717, 1.165) is 5.56 Å². The van der Waals surface area contributed by atoms with E-state index in [-0.39, 0.29) is 5.84 Å². The summed E-state index contributed by atoms with van der Waals surface area (Å²) in [4.78, 5) is 7.80. The summed E-state index contributed by atoms with van der Waals surface area (Å²) in [6.45, 7) is 0.486. The Hall–Kier alpha value is -3.72. The van der Waals surface area contributed by atoms with E-state index in [4.69, 9.17) is 21.1 Å². The number of benzene rings is 1. The van der Waals surface area contributed by atoms with Crippen molar-refractivity contribution in [1.82, 2.24) is 9.97 Å². The molecule has 0 aliphatic rings. The van der Waals surface area contributed by atoms with Crippen molar-refractivity contribution in [1.29, 1.82) is 10.7 Å². The number of amidine groups is 1. The number of nitrogen functional groups attached to an aromatic ring is 1. The summed E-state index contributed by atoms with van der Waals surface area (Å²) in [5.41, 5.74) is 7.45. The van der Waals surface area contributed by atoms with Crippen LogP contribution in [0.5, 0.6) is 5.88 Å². The molecule has 6 heteroatoms. The lowest BCUT2D eigenvalue weighted by Gasteiger charge is -2.04. The largest absolute Gasteiger partial charge is 0.473 e. The molecule has 0 aliphatic carbocycles. The van der Waals surface area contributed by atoms with Crippen molar-refractivity contribution in [2.75, 3.05) is 0 Å². The highest BCUT2D eigenvalue weighted by molar-refractivity contribution is 5.94. The third-order valence-corrected chi connectivity index (χ3v) is 3.07. The van der Waals surface area contributed by atoms with E-state index in [9.17, 15) is 0 Å². The second-order valence-corrected chi connectivity index (χ2v) is 4.93. The second kappa shape index (κ2) is 9.43. The van der Waals surface area contributed by atoms with Gasteiger partial charge in [0.1, 0.15) is 18.5 Å². The van der Waals surface area contributed by atoms with Crippen molar-refractivity contribution < 1.29 is 4.74 Å². The minimum Gasteiger partial charge on any atom is -0.473 e. The summed E-state index contributed by atoms with van der Waals surface area (Å²) in [5.74, 6) is 0.589. The maximum Gasteiger partial charge on any atom is 0.213 e.